The molecule has 1 nitrogen and oxygen atoms in total. The maximum atomic E-state index is 12.3. The van der Waals surface area contributed by atoms with E-state index < -0.39 is 0 Å². The largest absolute Gasteiger partial charge is 0.299 e. The smallest absolute Gasteiger partial charge is 0.141 e. The summed E-state index contributed by atoms with van der Waals surface area (Å²) in [4.78, 5) is 12.3. The van der Waals surface area contributed by atoms with Crippen molar-refractivity contribution in [2.24, 2.45) is 11.3 Å². The standard InChI is InChI=1S/C18H26O/c1-17(2,3)15-8-6-13(7-9-15)12-14-10-11-18(4,5)16(14)19/h6-9,14H,10-12H2,1-5H3. The molecule has 0 saturated heterocycles. The zero-order valence-corrected chi connectivity index (χ0v) is 12.9. The van der Waals surface area contributed by atoms with Gasteiger partial charge >= 0.3 is 0 Å². The van der Waals surface area contributed by atoms with Crippen LogP contribution in [-0.4, -0.2) is 5.78 Å². The van der Waals surface area contributed by atoms with Gasteiger partial charge in [-0.3, -0.25) is 4.79 Å². The van der Waals surface area contributed by atoms with Gasteiger partial charge in [-0.25, -0.2) is 0 Å². The zero-order valence-electron chi connectivity index (χ0n) is 12.9. The van der Waals surface area contributed by atoms with E-state index in [9.17, 15) is 4.79 Å². The van der Waals surface area contributed by atoms with E-state index in [0.717, 1.165) is 19.3 Å². The number of Topliss-reactive ketones (excluding diaryl/α,β-unsaturated/α-hetero) is 1. The van der Waals surface area contributed by atoms with Gasteiger partial charge in [-0.1, -0.05) is 58.9 Å². The molecule has 1 aliphatic rings. The lowest BCUT2D eigenvalue weighted by molar-refractivity contribution is -0.127. The second-order valence-corrected chi connectivity index (χ2v) is 7.63. The summed E-state index contributed by atoms with van der Waals surface area (Å²) < 4.78 is 0. The maximum Gasteiger partial charge on any atom is 0.141 e. The van der Waals surface area contributed by atoms with Crippen molar-refractivity contribution in [1.29, 1.82) is 0 Å². The third-order valence-corrected chi connectivity index (χ3v) is 4.46. The second-order valence-electron chi connectivity index (χ2n) is 7.63. The predicted molar refractivity (Wildman–Crippen MR) is 80.4 cm³/mol. The molecule has 1 aliphatic carbocycles. The molecule has 19 heavy (non-hydrogen) atoms. The number of ketones is 1. The Labute approximate surface area is 117 Å². The first kappa shape index (κ1) is 14.3. The minimum absolute atomic E-state index is 0.101. The lowest BCUT2D eigenvalue weighted by Gasteiger charge is -2.20. The number of carbonyl (C=O) groups is 1. The first-order valence-corrected chi connectivity index (χ1v) is 7.34. The molecule has 2 rings (SSSR count). The minimum atomic E-state index is -0.101. The van der Waals surface area contributed by atoms with Crippen LogP contribution in [0.3, 0.4) is 0 Å². The SMILES string of the molecule is CC1(C)CCC(Cc2ccc(C(C)(C)C)cc2)C1=O. The summed E-state index contributed by atoms with van der Waals surface area (Å²) in [6.45, 7) is 10.8. The van der Waals surface area contributed by atoms with E-state index >= 15 is 0 Å². The van der Waals surface area contributed by atoms with Gasteiger partial charge in [0.25, 0.3) is 0 Å². The van der Waals surface area contributed by atoms with Crippen LogP contribution < -0.4 is 0 Å². The van der Waals surface area contributed by atoms with Gasteiger partial charge in [0.1, 0.15) is 5.78 Å². The van der Waals surface area contributed by atoms with Crippen LogP contribution in [0.15, 0.2) is 24.3 Å². The summed E-state index contributed by atoms with van der Waals surface area (Å²) in [5.41, 5.74) is 2.75. The summed E-state index contributed by atoms with van der Waals surface area (Å²) in [7, 11) is 0. The Balaban J connectivity index is 2.07. The van der Waals surface area contributed by atoms with Crippen LogP contribution >= 0.6 is 0 Å². The Bertz CT molecular complexity index is 459. The molecule has 0 radical (unpaired) electrons. The first-order valence-electron chi connectivity index (χ1n) is 7.34. The van der Waals surface area contributed by atoms with E-state index in [4.69, 9.17) is 0 Å². The fraction of sp³-hybridized carbons (Fsp3) is 0.611. The molecule has 0 bridgehead atoms. The molecular formula is C18H26O. The molecule has 1 aromatic carbocycles. The van der Waals surface area contributed by atoms with Crippen molar-refractivity contribution in [1.82, 2.24) is 0 Å². The minimum Gasteiger partial charge on any atom is -0.299 e. The van der Waals surface area contributed by atoms with E-state index in [2.05, 4.69) is 58.9 Å². The van der Waals surface area contributed by atoms with Crippen molar-refractivity contribution in [3.63, 3.8) is 0 Å². The molecular weight excluding hydrogens is 232 g/mol. The number of benzene rings is 1. The summed E-state index contributed by atoms with van der Waals surface area (Å²) >= 11 is 0. The molecule has 1 saturated carbocycles. The highest BCUT2D eigenvalue weighted by molar-refractivity contribution is 5.88. The molecule has 0 aromatic heterocycles. The van der Waals surface area contributed by atoms with Crippen LogP contribution in [0.25, 0.3) is 0 Å². The Morgan fingerprint density at radius 1 is 1.16 bits per heavy atom. The predicted octanol–water partition coefficient (Wildman–Crippen LogP) is 4.53. The van der Waals surface area contributed by atoms with Gasteiger partial charge in [0.2, 0.25) is 0 Å². The van der Waals surface area contributed by atoms with Crippen molar-refractivity contribution in [3.05, 3.63) is 35.4 Å². The van der Waals surface area contributed by atoms with Gasteiger partial charge in [-0.05, 0) is 35.8 Å². The lowest BCUT2D eigenvalue weighted by Crippen LogP contribution is -2.22. The highest BCUT2D eigenvalue weighted by Gasteiger charge is 2.39. The normalized spacial score (nSPS) is 22.8. The second kappa shape index (κ2) is 4.77. The number of hydrogen-bond acceptors (Lipinski definition) is 1. The van der Waals surface area contributed by atoms with Gasteiger partial charge in [0.15, 0.2) is 0 Å². The third kappa shape index (κ3) is 3.08. The molecule has 1 fully saturated rings. The monoisotopic (exact) mass is 258 g/mol. The molecule has 1 aromatic rings. The molecule has 1 atom stereocenters. The molecule has 0 heterocycles. The van der Waals surface area contributed by atoms with E-state index in [1.54, 1.807) is 0 Å². The highest BCUT2D eigenvalue weighted by Crippen LogP contribution is 2.39. The van der Waals surface area contributed by atoms with Crippen LogP contribution in [0, 0.1) is 11.3 Å². The van der Waals surface area contributed by atoms with E-state index in [1.165, 1.54) is 11.1 Å². The molecule has 0 aliphatic heterocycles. The Kier molecular flexibility index (Phi) is 3.59. The zero-order chi connectivity index (χ0) is 14.3. The average Bonchev–Trinajstić information content (AvgIpc) is 2.56. The Hall–Kier alpha value is -1.11. The fourth-order valence-corrected chi connectivity index (χ4v) is 2.96. The Morgan fingerprint density at radius 2 is 1.74 bits per heavy atom. The average molecular weight is 258 g/mol. The molecule has 1 unspecified atom stereocenters. The maximum absolute atomic E-state index is 12.3. The van der Waals surface area contributed by atoms with E-state index in [1.807, 2.05) is 0 Å². The highest BCUT2D eigenvalue weighted by atomic mass is 16.1. The van der Waals surface area contributed by atoms with Crippen LogP contribution in [0.2, 0.25) is 0 Å². The van der Waals surface area contributed by atoms with Crippen LogP contribution in [-0.2, 0) is 16.6 Å². The van der Waals surface area contributed by atoms with Crippen molar-refractivity contribution < 1.29 is 4.79 Å². The summed E-state index contributed by atoms with van der Waals surface area (Å²) in [6, 6.07) is 8.80. The molecule has 104 valence electrons. The number of hydrogen-bond donors (Lipinski definition) is 0. The Morgan fingerprint density at radius 3 is 2.16 bits per heavy atom. The van der Waals surface area contributed by atoms with Crippen LogP contribution in [0.4, 0.5) is 0 Å². The van der Waals surface area contributed by atoms with Crippen LogP contribution in [0.1, 0.15) is 58.6 Å². The topological polar surface area (TPSA) is 17.1 Å². The van der Waals surface area contributed by atoms with Crippen molar-refractivity contribution in [3.8, 4) is 0 Å². The van der Waals surface area contributed by atoms with E-state index in [-0.39, 0.29) is 16.7 Å². The summed E-state index contributed by atoms with van der Waals surface area (Å²) in [6.07, 6.45) is 3.00. The third-order valence-electron chi connectivity index (χ3n) is 4.46. The summed E-state index contributed by atoms with van der Waals surface area (Å²) in [5.74, 6) is 0.683. The molecule has 0 spiro atoms. The van der Waals surface area contributed by atoms with Crippen LogP contribution in [0.5, 0.6) is 0 Å². The van der Waals surface area contributed by atoms with Crippen molar-refractivity contribution >= 4 is 5.78 Å². The first-order chi connectivity index (χ1) is 8.70. The van der Waals surface area contributed by atoms with Gasteiger partial charge in [0.05, 0.1) is 0 Å². The van der Waals surface area contributed by atoms with Gasteiger partial charge in [0, 0.05) is 11.3 Å². The van der Waals surface area contributed by atoms with E-state index in [0.29, 0.717) is 5.78 Å². The van der Waals surface area contributed by atoms with Gasteiger partial charge < -0.3 is 0 Å². The van der Waals surface area contributed by atoms with Gasteiger partial charge in [-0.15, -0.1) is 0 Å². The lowest BCUT2D eigenvalue weighted by atomic mass is 9.85. The van der Waals surface area contributed by atoms with Gasteiger partial charge in [-0.2, -0.15) is 0 Å². The number of carbonyl (C=O) groups excluding carboxylic acids is 1. The van der Waals surface area contributed by atoms with Crippen molar-refractivity contribution in [2.45, 2.75) is 59.3 Å². The van der Waals surface area contributed by atoms with Crippen molar-refractivity contribution in [2.75, 3.05) is 0 Å². The summed E-state index contributed by atoms with van der Waals surface area (Å²) in [5, 5.41) is 0. The quantitative estimate of drug-likeness (QED) is 0.761. The fourth-order valence-electron chi connectivity index (χ4n) is 2.96. The molecule has 0 N–H and O–H groups in total. The number of rotatable bonds is 2. The molecule has 0 amide bonds. The molecule has 1 heteroatoms.